The van der Waals surface area contributed by atoms with E-state index in [0.29, 0.717) is 17.1 Å². The number of hydrogen-bond donors (Lipinski definition) is 2. The number of hydrogen-bond acceptors (Lipinski definition) is 6. The van der Waals surface area contributed by atoms with E-state index >= 15 is 0 Å². The number of anilines is 1. The van der Waals surface area contributed by atoms with Crippen LogP contribution in [0.2, 0.25) is 0 Å². The zero-order chi connectivity index (χ0) is 20.6. The van der Waals surface area contributed by atoms with E-state index in [1.165, 1.54) is 10.7 Å². The zero-order valence-corrected chi connectivity index (χ0v) is 18.3. The zero-order valence-electron chi connectivity index (χ0n) is 16.2. The fourth-order valence-electron chi connectivity index (χ4n) is 2.44. The van der Waals surface area contributed by atoms with Gasteiger partial charge in [-0.2, -0.15) is 0 Å². The van der Waals surface area contributed by atoms with E-state index in [2.05, 4.69) is 32.9 Å². The van der Waals surface area contributed by atoms with Crippen molar-refractivity contribution in [3.63, 3.8) is 0 Å². The molecule has 0 amide bonds. The van der Waals surface area contributed by atoms with Crippen LogP contribution in [0.1, 0.15) is 17.0 Å². The predicted octanol–water partition coefficient (Wildman–Crippen LogP) is 1.15. The molecule has 0 fully saturated rings. The van der Waals surface area contributed by atoms with Gasteiger partial charge >= 0.3 is 177 Å². The predicted molar refractivity (Wildman–Crippen MR) is 116 cm³/mol. The second-order valence-electron chi connectivity index (χ2n) is 6.18. The molecule has 29 heavy (non-hydrogen) atoms. The SMILES string of the molecule is Cc1ccc(Oc2ccc([AsH]c3ncnc(C#C/C=C/CO)c3N)cc2C)cn1. The number of aromatic nitrogens is 3. The number of rotatable bonds is 5. The number of nitrogen functional groups attached to an aromatic ring is 1. The van der Waals surface area contributed by atoms with Crippen molar-refractivity contribution in [2.24, 2.45) is 0 Å². The summed E-state index contributed by atoms with van der Waals surface area (Å²) in [7, 11) is 0. The summed E-state index contributed by atoms with van der Waals surface area (Å²) in [6.07, 6.45) is 6.33. The number of allylic oxidation sites excluding steroid dienone is 1. The summed E-state index contributed by atoms with van der Waals surface area (Å²) in [6, 6.07) is 9.94. The van der Waals surface area contributed by atoms with E-state index in [1.54, 1.807) is 18.3 Å². The Kier molecular flexibility index (Phi) is 7.02. The fraction of sp³-hybridized carbons (Fsp3) is 0.136. The van der Waals surface area contributed by atoms with Crippen LogP contribution in [0.15, 0.2) is 55.0 Å². The van der Waals surface area contributed by atoms with Crippen molar-refractivity contribution in [3.8, 4) is 23.3 Å². The quantitative estimate of drug-likeness (QED) is 0.450. The van der Waals surface area contributed by atoms with Crippen LogP contribution in [0.3, 0.4) is 0 Å². The third-order valence-corrected chi connectivity index (χ3v) is 6.52. The van der Waals surface area contributed by atoms with Crippen LogP contribution in [0.4, 0.5) is 5.69 Å². The molecular weight excluding hydrogens is 427 g/mol. The van der Waals surface area contributed by atoms with Gasteiger partial charge in [0.1, 0.15) is 0 Å². The van der Waals surface area contributed by atoms with Gasteiger partial charge in [0, 0.05) is 0 Å². The second-order valence-corrected chi connectivity index (χ2v) is 8.91. The van der Waals surface area contributed by atoms with Crippen molar-refractivity contribution in [1.29, 1.82) is 0 Å². The molecule has 0 aliphatic heterocycles. The maximum absolute atomic E-state index is 8.75. The van der Waals surface area contributed by atoms with Gasteiger partial charge in [0.15, 0.2) is 0 Å². The summed E-state index contributed by atoms with van der Waals surface area (Å²) in [6.45, 7) is 3.90. The van der Waals surface area contributed by atoms with Crippen molar-refractivity contribution in [2.45, 2.75) is 13.8 Å². The van der Waals surface area contributed by atoms with E-state index in [-0.39, 0.29) is 6.61 Å². The minimum absolute atomic E-state index is 0.0507. The molecule has 1 aromatic carbocycles. The molecule has 1 atom stereocenters. The molecule has 3 N–H and O–H groups in total. The average molecular weight is 448 g/mol. The normalized spacial score (nSPS) is 11.0. The van der Waals surface area contributed by atoms with Gasteiger partial charge in [-0.3, -0.25) is 0 Å². The van der Waals surface area contributed by atoms with Gasteiger partial charge in [-0.25, -0.2) is 0 Å². The molecule has 0 saturated carbocycles. The van der Waals surface area contributed by atoms with Gasteiger partial charge < -0.3 is 0 Å². The summed E-state index contributed by atoms with van der Waals surface area (Å²) in [4.78, 5) is 12.8. The Morgan fingerprint density at radius 2 is 2.03 bits per heavy atom. The summed E-state index contributed by atoms with van der Waals surface area (Å²) >= 11 is -0.754. The first-order valence-electron chi connectivity index (χ1n) is 8.93. The fourth-order valence-corrected chi connectivity index (χ4v) is 4.75. The van der Waals surface area contributed by atoms with Crippen molar-refractivity contribution in [1.82, 2.24) is 15.0 Å². The van der Waals surface area contributed by atoms with E-state index < -0.39 is 15.8 Å². The molecule has 2 heterocycles. The number of aliphatic hydroxyl groups is 1. The van der Waals surface area contributed by atoms with E-state index in [1.807, 2.05) is 38.1 Å². The standard InChI is InChI=1S/C22H21AsN4O2/c1-15-12-17(8-10-20(15)29-18-9-7-16(2)25-13-18)23-22-21(24)19(26-14-27-22)6-4-3-5-11-28/h3,5,7-10,12-14,23,28H,11,24H2,1-2H3/b5-3+. The van der Waals surface area contributed by atoms with E-state index in [9.17, 15) is 0 Å². The number of aliphatic hydroxyl groups excluding tert-OH is 1. The third-order valence-electron chi connectivity index (χ3n) is 3.93. The topological polar surface area (TPSA) is 94.2 Å². The second kappa shape index (κ2) is 9.88. The molecule has 1 unspecified atom stereocenters. The Labute approximate surface area is 176 Å². The number of nitrogens with zero attached hydrogens (tertiary/aromatic N) is 3. The molecule has 146 valence electrons. The van der Waals surface area contributed by atoms with Crippen LogP contribution in [0.5, 0.6) is 11.5 Å². The van der Waals surface area contributed by atoms with Crippen molar-refractivity contribution < 1.29 is 9.84 Å². The summed E-state index contributed by atoms with van der Waals surface area (Å²) in [5, 5.41) is 8.75. The van der Waals surface area contributed by atoms with Gasteiger partial charge in [-0.05, 0) is 0 Å². The van der Waals surface area contributed by atoms with Crippen LogP contribution in [-0.4, -0.2) is 42.4 Å². The molecule has 0 spiro atoms. The van der Waals surface area contributed by atoms with Crippen molar-refractivity contribution in [2.75, 3.05) is 12.3 Å². The molecule has 0 aliphatic carbocycles. The Balaban J connectivity index is 1.77. The third kappa shape index (κ3) is 5.68. The number of pyridine rings is 1. The van der Waals surface area contributed by atoms with Gasteiger partial charge in [-0.1, -0.05) is 0 Å². The average Bonchev–Trinajstić information content (AvgIpc) is 2.71. The first kappa shape index (κ1) is 20.6. The number of aryl methyl sites for hydroxylation is 2. The van der Waals surface area contributed by atoms with Gasteiger partial charge in [0.25, 0.3) is 0 Å². The van der Waals surface area contributed by atoms with Crippen LogP contribution in [0, 0.1) is 25.7 Å². The van der Waals surface area contributed by atoms with Crippen LogP contribution in [-0.2, 0) is 0 Å². The molecule has 3 rings (SSSR count). The summed E-state index contributed by atoms with van der Waals surface area (Å²) in [5.74, 6) is 7.21. The minimum atomic E-state index is -0.754. The number of benzene rings is 1. The van der Waals surface area contributed by atoms with E-state index in [0.717, 1.165) is 21.5 Å². The van der Waals surface area contributed by atoms with E-state index in [4.69, 9.17) is 15.6 Å². The number of ether oxygens (including phenoxy) is 1. The Bertz CT molecular complexity index is 1090. The van der Waals surface area contributed by atoms with Crippen LogP contribution in [0.25, 0.3) is 0 Å². The molecule has 3 aromatic rings. The Hall–Kier alpha value is -3.13. The van der Waals surface area contributed by atoms with Crippen molar-refractivity contribution >= 4 is 30.3 Å². The molecule has 0 aliphatic rings. The van der Waals surface area contributed by atoms with Crippen LogP contribution < -0.4 is 19.3 Å². The molecule has 0 radical (unpaired) electrons. The molecule has 2 aromatic heterocycles. The first-order valence-corrected chi connectivity index (χ1v) is 11.0. The van der Waals surface area contributed by atoms with Crippen molar-refractivity contribution in [3.05, 3.63) is 72.0 Å². The van der Waals surface area contributed by atoms with Gasteiger partial charge in [0.2, 0.25) is 0 Å². The van der Waals surface area contributed by atoms with Gasteiger partial charge in [-0.15, -0.1) is 0 Å². The molecule has 6 nitrogen and oxygen atoms in total. The summed E-state index contributed by atoms with van der Waals surface area (Å²) < 4.78 is 7.96. The Morgan fingerprint density at radius 1 is 1.17 bits per heavy atom. The van der Waals surface area contributed by atoms with Gasteiger partial charge in [0.05, 0.1) is 0 Å². The molecule has 7 heteroatoms. The molecule has 0 saturated heterocycles. The summed E-state index contributed by atoms with van der Waals surface area (Å²) in [5.41, 5.74) is 9.23. The maximum atomic E-state index is 8.75. The first-order chi connectivity index (χ1) is 14.1. The molecular formula is C22H21AsN4O2. The van der Waals surface area contributed by atoms with Crippen LogP contribution >= 0.6 is 0 Å². The number of nitrogens with two attached hydrogens (primary N) is 1. The monoisotopic (exact) mass is 448 g/mol. The molecule has 0 bridgehead atoms. The Morgan fingerprint density at radius 3 is 2.76 bits per heavy atom.